The van der Waals surface area contributed by atoms with Crippen LogP contribution in [0.25, 0.3) is 17.1 Å². The van der Waals surface area contributed by atoms with Crippen molar-refractivity contribution in [2.75, 3.05) is 17.8 Å². The average molecular weight is 436 g/mol. The third-order valence-electron chi connectivity index (χ3n) is 4.22. The fourth-order valence-electron chi connectivity index (χ4n) is 2.83. The van der Waals surface area contributed by atoms with Gasteiger partial charge in [-0.3, -0.25) is 4.57 Å². The van der Waals surface area contributed by atoms with E-state index in [1.54, 1.807) is 0 Å². The van der Waals surface area contributed by atoms with Crippen LogP contribution in [0.1, 0.15) is 25.3 Å². The summed E-state index contributed by atoms with van der Waals surface area (Å²) in [6.07, 6.45) is 1.24. The summed E-state index contributed by atoms with van der Waals surface area (Å²) in [5.41, 5.74) is 3.06. The minimum Gasteiger partial charge on any atom is -0.270 e. The van der Waals surface area contributed by atoms with E-state index < -0.39 is 9.84 Å². The highest BCUT2D eigenvalue weighted by Gasteiger charge is 2.19. The first-order valence-electron chi connectivity index (χ1n) is 8.87. The molecule has 0 saturated carbocycles. The molecule has 0 saturated heterocycles. The van der Waals surface area contributed by atoms with Gasteiger partial charge in [0, 0.05) is 22.6 Å². The molecule has 8 heteroatoms. The molecule has 148 valence electrons. The Morgan fingerprint density at radius 3 is 2.39 bits per heavy atom. The summed E-state index contributed by atoms with van der Waals surface area (Å²) in [6, 6.07) is 15.6. The monoisotopic (exact) mass is 435 g/mol. The average Bonchev–Trinajstić information content (AvgIpc) is 3.05. The molecule has 5 nitrogen and oxygen atoms in total. The van der Waals surface area contributed by atoms with Gasteiger partial charge in [0.05, 0.1) is 11.4 Å². The molecule has 0 amide bonds. The Morgan fingerprint density at radius 2 is 1.75 bits per heavy atom. The van der Waals surface area contributed by atoms with Crippen LogP contribution in [0, 0.1) is 0 Å². The van der Waals surface area contributed by atoms with Crippen molar-refractivity contribution in [1.82, 2.24) is 14.8 Å². The topological polar surface area (TPSA) is 64.8 Å². The molecule has 3 aromatic rings. The Balaban J connectivity index is 2.11. The maximum Gasteiger partial charge on any atom is 0.196 e. The van der Waals surface area contributed by atoms with E-state index >= 15 is 0 Å². The third-order valence-corrected chi connectivity index (χ3v) is 6.61. The lowest BCUT2D eigenvalue weighted by Gasteiger charge is -2.17. The van der Waals surface area contributed by atoms with Gasteiger partial charge in [-0.25, -0.2) is 8.42 Å². The predicted molar refractivity (Wildman–Crippen MR) is 116 cm³/mol. The number of hydrogen-bond donors (Lipinski definition) is 0. The van der Waals surface area contributed by atoms with E-state index in [0.717, 1.165) is 11.3 Å². The lowest BCUT2D eigenvalue weighted by Crippen LogP contribution is -2.08. The summed E-state index contributed by atoms with van der Waals surface area (Å²) >= 11 is 7.43. The summed E-state index contributed by atoms with van der Waals surface area (Å²) in [4.78, 5) is 0. The van der Waals surface area contributed by atoms with Gasteiger partial charge < -0.3 is 0 Å². The summed E-state index contributed by atoms with van der Waals surface area (Å²) in [5.74, 6) is 1.52. The van der Waals surface area contributed by atoms with Crippen LogP contribution in [0.5, 0.6) is 0 Å². The largest absolute Gasteiger partial charge is 0.270 e. The van der Waals surface area contributed by atoms with Gasteiger partial charge in [-0.05, 0) is 41.8 Å². The molecular formula is C20H22ClN3O2S2. The molecule has 0 spiro atoms. The molecule has 0 unspecified atom stereocenters. The highest BCUT2D eigenvalue weighted by molar-refractivity contribution is 8.00. The molecule has 28 heavy (non-hydrogen) atoms. The molecule has 0 atom stereocenters. The number of rotatable bonds is 7. The quantitative estimate of drug-likeness (QED) is 0.496. The van der Waals surface area contributed by atoms with Crippen molar-refractivity contribution < 1.29 is 8.42 Å². The van der Waals surface area contributed by atoms with E-state index in [0.29, 0.717) is 27.7 Å². The molecule has 0 bridgehead atoms. The molecule has 0 aliphatic heterocycles. The van der Waals surface area contributed by atoms with Crippen LogP contribution in [0.15, 0.2) is 53.7 Å². The van der Waals surface area contributed by atoms with Gasteiger partial charge in [-0.15, -0.1) is 10.2 Å². The van der Waals surface area contributed by atoms with Crippen LogP contribution in [0.4, 0.5) is 0 Å². The first-order chi connectivity index (χ1) is 13.3. The molecule has 0 N–H and O–H groups in total. The minimum absolute atomic E-state index is 0.0899. The van der Waals surface area contributed by atoms with E-state index in [9.17, 15) is 8.42 Å². The number of nitrogens with zero attached hydrogens (tertiary/aromatic N) is 3. The van der Waals surface area contributed by atoms with Gasteiger partial charge >= 0.3 is 0 Å². The van der Waals surface area contributed by atoms with E-state index in [4.69, 9.17) is 11.6 Å². The molecule has 2 aromatic carbocycles. The Morgan fingerprint density at radius 1 is 1.07 bits per heavy atom. The smallest absolute Gasteiger partial charge is 0.196 e. The van der Waals surface area contributed by atoms with Crippen molar-refractivity contribution in [3.05, 3.63) is 59.1 Å². The van der Waals surface area contributed by atoms with Crippen molar-refractivity contribution in [3.63, 3.8) is 0 Å². The van der Waals surface area contributed by atoms with Crippen LogP contribution < -0.4 is 0 Å². The first kappa shape index (κ1) is 20.9. The van der Waals surface area contributed by atoms with Crippen LogP contribution >= 0.6 is 23.4 Å². The van der Waals surface area contributed by atoms with Gasteiger partial charge in [-0.1, -0.05) is 55.4 Å². The minimum atomic E-state index is -3.04. The lowest BCUT2D eigenvalue weighted by molar-refractivity contribution is 0.603. The maximum absolute atomic E-state index is 11.5. The fraction of sp³-hybridized carbons (Fsp3) is 0.300. The third kappa shape index (κ3) is 4.96. The number of sulfone groups is 1. The molecule has 0 fully saturated rings. The van der Waals surface area contributed by atoms with Gasteiger partial charge in [0.25, 0.3) is 0 Å². The second-order valence-electron chi connectivity index (χ2n) is 6.84. The van der Waals surface area contributed by atoms with Gasteiger partial charge in [0.2, 0.25) is 0 Å². The number of thioether (sulfide) groups is 1. The second kappa shape index (κ2) is 8.68. The summed E-state index contributed by atoms with van der Waals surface area (Å²) in [7, 11) is -3.04. The maximum atomic E-state index is 11.5. The zero-order chi connectivity index (χ0) is 20.3. The Labute approximate surface area is 175 Å². The van der Waals surface area contributed by atoms with Crippen molar-refractivity contribution >= 4 is 33.2 Å². The molecule has 1 aromatic heterocycles. The zero-order valence-electron chi connectivity index (χ0n) is 16.0. The van der Waals surface area contributed by atoms with Crippen molar-refractivity contribution in [3.8, 4) is 17.1 Å². The Bertz CT molecular complexity index is 1060. The number of hydrogen-bond acceptors (Lipinski definition) is 5. The number of aromatic nitrogens is 3. The van der Waals surface area contributed by atoms with Crippen molar-refractivity contribution in [1.29, 1.82) is 0 Å². The molecular weight excluding hydrogens is 414 g/mol. The first-order valence-corrected chi connectivity index (χ1v) is 12.3. The normalized spacial score (nSPS) is 11.9. The number of halogens is 1. The Hall–Kier alpha value is -1.83. The van der Waals surface area contributed by atoms with E-state index in [1.165, 1.54) is 23.6 Å². The zero-order valence-corrected chi connectivity index (χ0v) is 18.4. The van der Waals surface area contributed by atoms with Crippen LogP contribution in [-0.2, 0) is 9.84 Å². The fourth-order valence-corrected chi connectivity index (χ4v) is 5.10. The van der Waals surface area contributed by atoms with Gasteiger partial charge in [0.15, 0.2) is 11.0 Å². The molecule has 1 heterocycles. The van der Waals surface area contributed by atoms with Gasteiger partial charge in [-0.2, -0.15) is 0 Å². The van der Waals surface area contributed by atoms with E-state index in [2.05, 4.69) is 30.1 Å². The molecule has 3 rings (SSSR count). The highest BCUT2D eigenvalue weighted by atomic mass is 35.5. The Kier molecular flexibility index (Phi) is 6.47. The molecule has 0 aliphatic rings. The highest BCUT2D eigenvalue weighted by Crippen LogP contribution is 2.32. The summed E-state index contributed by atoms with van der Waals surface area (Å²) in [5, 5.41) is 10.1. The van der Waals surface area contributed by atoms with Crippen LogP contribution in [0.3, 0.4) is 0 Å². The summed E-state index contributed by atoms with van der Waals surface area (Å²) in [6.45, 7) is 4.28. The van der Waals surface area contributed by atoms with Crippen molar-refractivity contribution in [2.24, 2.45) is 0 Å². The predicted octanol–water partition coefficient (Wildman–Crippen LogP) is 4.85. The number of para-hydroxylation sites is 1. The second-order valence-corrected chi connectivity index (χ2v) is 10.6. The van der Waals surface area contributed by atoms with Crippen LogP contribution in [0.2, 0.25) is 5.02 Å². The summed E-state index contributed by atoms with van der Waals surface area (Å²) < 4.78 is 25.0. The molecule has 0 aliphatic carbocycles. The van der Waals surface area contributed by atoms with Gasteiger partial charge in [0.1, 0.15) is 9.84 Å². The van der Waals surface area contributed by atoms with E-state index in [1.807, 2.05) is 47.0 Å². The van der Waals surface area contributed by atoms with Crippen LogP contribution in [-0.4, -0.2) is 40.9 Å². The number of benzene rings is 2. The van der Waals surface area contributed by atoms with E-state index in [-0.39, 0.29) is 5.75 Å². The molecule has 0 radical (unpaired) electrons. The SMILES string of the molecule is CC(C)c1ccccc1-n1c(SCCS(C)(=O)=O)nnc1-c1ccc(Cl)cc1. The van der Waals surface area contributed by atoms with Crippen molar-refractivity contribution in [2.45, 2.75) is 24.9 Å². The lowest BCUT2D eigenvalue weighted by atomic mass is 10.0. The standard InChI is InChI=1S/C20H22ClN3O2S2/c1-14(2)17-6-4-5-7-18(17)24-19(15-8-10-16(21)11-9-15)22-23-20(24)27-12-13-28(3,25)26/h4-11,14H,12-13H2,1-3H3.